The monoisotopic (exact) mass is 630 g/mol. The van der Waals surface area contributed by atoms with Gasteiger partial charge in [-0.15, -0.1) is 5.10 Å². The van der Waals surface area contributed by atoms with Crippen LogP contribution in [-0.4, -0.2) is 42.6 Å². The van der Waals surface area contributed by atoms with Gasteiger partial charge >= 0.3 is 0 Å². The highest BCUT2D eigenvalue weighted by Gasteiger charge is 2.11. The van der Waals surface area contributed by atoms with E-state index >= 15 is 0 Å². The van der Waals surface area contributed by atoms with E-state index in [1.807, 2.05) is 95.6 Å². The molecular weight excluding hydrogens is 605 g/mol. The van der Waals surface area contributed by atoms with Crippen molar-refractivity contribution in [1.29, 1.82) is 0 Å². The number of hydrogen-bond acceptors (Lipinski definition) is 8. The average Bonchev–Trinajstić information content (AvgIpc) is 3.55. The fourth-order valence-corrected chi connectivity index (χ4v) is 4.93. The van der Waals surface area contributed by atoms with E-state index in [-0.39, 0.29) is 4.90 Å². The van der Waals surface area contributed by atoms with Crippen molar-refractivity contribution in [2.24, 2.45) is 0 Å². The van der Waals surface area contributed by atoms with Gasteiger partial charge in [-0.3, -0.25) is 19.6 Å². The summed E-state index contributed by atoms with van der Waals surface area (Å²) in [5.41, 5.74) is 6.69. The zero-order valence-electron chi connectivity index (χ0n) is 22.5. The third kappa shape index (κ3) is 7.69. The Morgan fingerprint density at radius 1 is 0.721 bits per heavy atom. The Kier molecular flexibility index (Phi) is 9.22. The fourth-order valence-electron chi connectivity index (χ4n) is 4.02. The molecule has 14 heteroatoms. The SMILES string of the molecule is O=S(=O)(O)c1ccc(Nn2c(Cc3ccccc3)n[nH]c2=S)cc1.S=c1[nH]nc(Nc2ccccc2)n1-c1ccccc1. The van der Waals surface area contributed by atoms with Crippen LogP contribution < -0.4 is 10.7 Å². The van der Waals surface area contributed by atoms with Crippen LogP contribution in [0.1, 0.15) is 11.4 Å². The Morgan fingerprint density at radius 3 is 1.93 bits per heavy atom. The molecule has 0 amide bonds. The highest BCUT2D eigenvalue weighted by atomic mass is 32.2. The second-order valence-corrected chi connectivity index (χ2v) is 11.3. The van der Waals surface area contributed by atoms with Crippen LogP contribution >= 0.6 is 24.4 Å². The van der Waals surface area contributed by atoms with Crippen molar-refractivity contribution in [3.63, 3.8) is 0 Å². The predicted molar refractivity (Wildman–Crippen MR) is 170 cm³/mol. The van der Waals surface area contributed by atoms with Crippen molar-refractivity contribution in [3.05, 3.63) is 136 Å². The topological polar surface area (TPSA) is 146 Å². The van der Waals surface area contributed by atoms with E-state index in [2.05, 4.69) is 31.1 Å². The number of aromatic amines is 2. The molecule has 4 aromatic carbocycles. The minimum Gasteiger partial charge on any atom is -0.324 e. The molecule has 0 unspecified atom stereocenters. The van der Waals surface area contributed by atoms with Crippen molar-refractivity contribution in [2.45, 2.75) is 11.3 Å². The normalized spacial score (nSPS) is 10.9. The van der Waals surface area contributed by atoms with Crippen LogP contribution in [0.5, 0.6) is 0 Å². The lowest BCUT2D eigenvalue weighted by molar-refractivity contribution is 0.483. The second-order valence-electron chi connectivity index (χ2n) is 9.07. The van der Waals surface area contributed by atoms with E-state index in [0.29, 0.717) is 33.4 Å². The molecular formula is C29H26N8O3S3. The van der Waals surface area contributed by atoms with Gasteiger partial charge in [-0.05, 0) is 78.5 Å². The smallest absolute Gasteiger partial charge is 0.294 e. The Hall–Kier alpha value is -4.89. The summed E-state index contributed by atoms with van der Waals surface area (Å²) in [5.74, 6) is 1.35. The molecule has 0 saturated heterocycles. The zero-order chi connectivity index (χ0) is 30.2. The van der Waals surface area contributed by atoms with Crippen LogP contribution in [0.2, 0.25) is 0 Å². The summed E-state index contributed by atoms with van der Waals surface area (Å²) in [4.78, 5) is -0.173. The lowest BCUT2D eigenvalue weighted by atomic mass is 10.1. The molecule has 0 aliphatic carbocycles. The maximum Gasteiger partial charge on any atom is 0.294 e. The summed E-state index contributed by atoms with van der Waals surface area (Å²) < 4.78 is 35.6. The van der Waals surface area contributed by atoms with E-state index in [4.69, 9.17) is 29.0 Å². The Morgan fingerprint density at radius 2 is 1.30 bits per heavy atom. The molecule has 0 fully saturated rings. The predicted octanol–water partition coefficient (Wildman–Crippen LogP) is 6.33. The first-order chi connectivity index (χ1) is 20.8. The largest absolute Gasteiger partial charge is 0.324 e. The molecule has 0 radical (unpaired) electrons. The van der Waals surface area contributed by atoms with Crippen LogP contribution in [0.25, 0.3) is 5.69 Å². The molecule has 5 N–H and O–H groups in total. The van der Waals surface area contributed by atoms with Crippen molar-refractivity contribution in [1.82, 2.24) is 29.6 Å². The molecule has 2 aromatic heterocycles. The number of benzene rings is 4. The molecule has 0 spiro atoms. The second kappa shape index (κ2) is 13.4. The van der Waals surface area contributed by atoms with Crippen molar-refractivity contribution in [3.8, 4) is 5.69 Å². The highest BCUT2D eigenvalue weighted by molar-refractivity contribution is 7.85. The highest BCUT2D eigenvalue weighted by Crippen LogP contribution is 2.19. The lowest BCUT2D eigenvalue weighted by Gasteiger charge is -2.10. The first-order valence-electron chi connectivity index (χ1n) is 12.9. The maximum atomic E-state index is 11.1. The summed E-state index contributed by atoms with van der Waals surface area (Å²) in [5, 5.41) is 17.2. The van der Waals surface area contributed by atoms with Crippen LogP contribution in [0, 0.1) is 9.54 Å². The van der Waals surface area contributed by atoms with Gasteiger partial charge in [0.1, 0.15) is 0 Å². The minimum atomic E-state index is -4.21. The standard InChI is InChI=1S/C15H14N4O3S2.C14H12N4S/c20-24(21,22)13-8-6-12(7-9-13)18-19-14(16-17-15(19)23)10-11-4-2-1-3-5-11;19-14-17-16-13(15-11-7-3-1-4-8-11)18(14)12-9-5-2-6-10-12/h1-9,18H,10H2,(H,17,23)(H,20,21,22);1-10H,(H,15,16)(H,17,19). The molecule has 0 atom stereocenters. The zero-order valence-corrected chi connectivity index (χ0v) is 24.9. The van der Waals surface area contributed by atoms with Crippen molar-refractivity contribution >= 4 is 51.9 Å². The third-order valence-electron chi connectivity index (χ3n) is 6.06. The quantitative estimate of drug-likeness (QED) is 0.0962. The summed E-state index contributed by atoms with van der Waals surface area (Å²) in [6, 6.07) is 35.2. The van der Waals surface area contributed by atoms with Gasteiger partial charge < -0.3 is 5.32 Å². The van der Waals surface area contributed by atoms with E-state index in [9.17, 15) is 8.42 Å². The number of anilines is 3. The van der Waals surface area contributed by atoms with Gasteiger partial charge in [-0.2, -0.15) is 13.5 Å². The van der Waals surface area contributed by atoms with Crippen LogP contribution in [0.15, 0.2) is 120 Å². The van der Waals surface area contributed by atoms with Crippen LogP contribution in [0.3, 0.4) is 0 Å². The lowest BCUT2D eigenvalue weighted by Crippen LogP contribution is -2.13. The molecule has 218 valence electrons. The van der Waals surface area contributed by atoms with Gasteiger partial charge in [-0.1, -0.05) is 66.7 Å². The summed E-state index contributed by atoms with van der Waals surface area (Å²) in [6.45, 7) is 0. The average molecular weight is 631 g/mol. The number of para-hydroxylation sites is 2. The van der Waals surface area contributed by atoms with Gasteiger partial charge in [0.15, 0.2) is 5.82 Å². The van der Waals surface area contributed by atoms with Gasteiger partial charge in [0.25, 0.3) is 10.1 Å². The van der Waals surface area contributed by atoms with E-state index in [1.54, 1.807) is 4.68 Å². The number of rotatable bonds is 8. The molecule has 0 aliphatic heterocycles. The molecule has 6 aromatic rings. The van der Waals surface area contributed by atoms with Crippen LogP contribution in [-0.2, 0) is 16.5 Å². The molecule has 43 heavy (non-hydrogen) atoms. The fraction of sp³-hybridized carbons (Fsp3) is 0.0345. The van der Waals surface area contributed by atoms with Crippen LogP contribution in [0.4, 0.5) is 17.3 Å². The number of hydrogen-bond donors (Lipinski definition) is 5. The van der Waals surface area contributed by atoms with E-state index < -0.39 is 10.1 Å². The number of nitrogens with zero attached hydrogens (tertiary/aromatic N) is 4. The van der Waals surface area contributed by atoms with E-state index in [1.165, 1.54) is 24.3 Å². The van der Waals surface area contributed by atoms with Gasteiger partial charge in [0.05, 0.1) is 16.3 Å². The number of nitrogens with one attached hydrogen (secondary N) is 4. The summed E-state index contributed by atoms with van der Waals surface area (Å²) >= 11 is 10.5. The first kappa shape index (κ1) is 29.6. The Labute approximate surface area is 257 Å². The first-order valence-corrected chi connectivity index (χ1v) is 15.1. The minimum absolute atomic E-state index is 0.173. The van der Waals surface area contributed by atoms with Gasteiger partial charge in [0.2, 0.25) is 15.5 Å². The van der Waals surface area contributed by atoms with E-state index in [0.717, 1.165) is 16.9 Å². The molecule has 0 saturated carbocycles. The molecule has 6 rings (SSSR count). The molecule has 11 nitrogen and oxygen atoms in total. The number of aromatic nitrogens is 6. The molecule has 0 aliphatic rings. The molecule has 2 heterocycles. The molecule has 0 bridgehead atoms. The van der Waals surface area contributed by atoms with Gasteiger partial charge in [-0.25, -0.2) is 9.77 Å². The summed E-state index contributed by atoms with van der Waals surface area (Å²) in [7, 11) is -4.21. The number of H-pyrrole nitrogens is 2. The van der Waals surface area contributed by atoms with Crippen molar-refractivity contribution in [2.75, 3.05) is 10.7 Å². The summed E-state index contributed by atoms with van der Waals surface area (Å²) in [6.07, 6.45) is 0.573. The van der Waals surface area contributed by atoms with Crippen molar-refractivity contribution < 1.29 is 13.0 Å². The Bertz CT molecular complexity index is 2000. The van der Waals surface area contributed by atoms with Gasteiger partial charge in [0, 0.05) is 12.1 Å². The third-order valence-corrected chi connectivity index (χ3v) is 7.47. The maximum absolute atomic E-state index is 11.1. The Balaban J connectivity index is 0.000000176.